The SMILES string of the molecule is CCC1(C(=O)N2CCC(CO)CC2)CCCNC1. The van der Waals surface area contributed by atoms with Gasteiger partial charge in [-0.25, -0.2) is 0 Å². The van der Waals surface area contributed by atoms with E-state index in [4.69, 9.17) is 5.11 Å². The van der Waals surface area contributed by atoms with E-state index < -0.39 is 0 Å². The molecule has 2 saturated heterocycles. The summed E-state index contributed by atoms with van der Waals surface area (Å²) >= 11 is 0. The largest absolute Gasteiger partial charge is 0.396 e. The molecular weight excluding hydrogens is 228 g/mol. The number of aliphatic hydroxyl groups is 1. The number of nitrogens with zero attached hydrogens (tertiary/aromatic N) is 1. The molecule has 0 saturated carbocycles. The van der Waals surface area contributed by atoms with Crippen LogP contribution < -0.4 is 5.32 Å². The molecule has 18 heavy (non-hydrogen) atoms. The lowest BCUT2D eigenvalue weighted by atomic mass is 9.76. The standard InChI is InChI=1S/C14H26N2O2/c1-2-14(6-3-7-15-11-14)13(18)16-8-4-12(10-17)5-9-16/h12,15,17H,2-11H2,1H3. The molecule has 0 aromatic rings. The Labute approximate surface area is 110 Å². The molecule has 1 unspecified atom stereocenters. The number of carbonyl (C=O) groups excluding carboxylic acids is 1. The molecule has 2 aliphatic rings. The van der Waals surface area contributed by atoms with Gasteiger partial charge in [-0.2, -0.15) is 0 Å². The molecule has 2 N–H and O–H groups in total. The topological polar surface area (TPSA) is 52.6 Å². The van der Waals surface area contributed by atoms with Crippen LogP contribution in [0.2, 0.25) is 0 Å². The summed E-state index contributed by atoms with van der Waals surface area (Å²) in [5.74, 6) is 0.740. The maximum absolute atomic E-state index is 12.7. The maximum Gasteiger partial charge on any atom is 0.230 e. The van der Waals surface area contributed by atoms with E-state index in [9.17, 15) is 4.79 Å². The molecule has 2 heterocycles. The molecule has 2 rings (SSSR count). The number of amides is 1. The Kier molecular flexibility index (Phi) is 4.62. The van der Waals surface area contributed by atoms with Crippen molar-refractivity contribution < 1.29 is 9.90 Å². The average Bonchev–Trinajstić information content (AvgIpc) is 2.47. The maximum atomic E-state index is 12.7. The molecule has 0 radical (unpaired) electrons. The summed E-state index contributed by atoms with van der Waals surface area (Å²) in [6.07, 6.45) is 4.96. The quantitative estimate of drug-likeness (QED) is 0.790. The molecule has 0 aromatic heterocycles. The van der Waals surface area contributed by atoms with Crippen LogP contribution in [0.15, 0.2) is 0 Å². The first-order valence-electron chi connectivity index (χ1n) is 7.33. The monoisotopic (exact) mass is 254 g/mol. The van der Waals surface area contributed by atoms with Gasteiger partial charge in [-0.05, 0) is 44.6 Å². The summed E-state index contributed by atoms with van der Waals surface area (Å²) in [5, 5.41) is 12.5. The van der Waals surface area contributed by atoms with Crippen LogP contribution in [0.3, 0.4) is 0 Å². The normalized spacial score (nSPS) is 30.4. The van der Waals surface area contributed by atoms with Crippen molar-refractivity contribution in [2.24, 2.45) is 11.3 Å². The van der Waals surface area contributed by atoms with E-state index in [1.54, 1.807) is 0 Å². The molecular formula is C14H26N2O2. The van der Waals surface area contributed by atoms with E-state index in [-0.39, 0.29) is 12.0 Å². The Morgan fingerprint density at radius 3 is 2.67 bits per heavy atom. The van der Waals surface area contributed by atoms with Gasteiger partial charge in [0.2, 0.25) is 5.91 Å². The zero-order valence-electron chi connectivity index (χ0n) is 11.5. The first-order chi connectivity index (χ1) is 8.72. The van der Waals surface area contributed by atoms with Crippen molar-refractivity contribution in [1.29, 1.82) is 0 Å². The fourth-order valence-corrected chi connectivity index (χ4v) is 3.26. The minimum absolute atomic E-state index is 0.162. The van der Waals surface area contributed by atoms with Gasteiger partial charge in [0, 0.05) is 26.2 Å². The van der Waals surface area contributed by atoms with Crippen molar-refractivity contribution in [3.8, 4) is 0 Å². The van der Waals surface area contributed by atoms with Crippen molar-refractivity contribution in [1.82, 2.24) is 10.2 Å². The lowest BCUT2D eigenvalue weighted by Gasteiger charge is -2.41. The summed E-state index contributed by atoms with van der Waals surface area (Å²) in [6.45, 7) is 5.93. The van der Waals surface area contributed by atoms with Crippen molar-refractivity contribution in [2.45, 2.75) is 39.0 Å². The molecule has 2 aliphatic heterocycles. The lowest BCUT2D eigenvalue weighted by Crippen LogP contribution is -2.53. The highest BCUT2D eigenvalue weighted by Crippen LogP contribution is 2.33. The second-order valence-electron chi connectivity index (χ2n) is 5.83. The van der Waals surface area contributed by atoms with Gasteiger partial charge in [0.15, 0.2) is 0 Å². The van der Waals surface area contributed by atoms with Crippen molar-refractivity contribution in [2.75, 3.05) is 32.8 Å². The van der Waals surface area contributed by atoms with Crippen LogP contribution in [-0.4, -0.2) is 48.7 Å². The van der Waals surface area contributed by atoms with Crippen molar-refractivity contribution >= 4 is 5.91 Å². The van der Waals surface area contributed by atoms with Crippen LogP contribution in [0.5, 0.6) is 0 Å². The van der Waals surface area contributed by atoms with Crippen LogP contribution in [0.1, 0.15) is 39.0 Å². The third kappa shape index (κ3) is 2.69. The lowest BCUT2D eigenvalue weighted by molar-refractivity contribution is -0.145. The molecule has 2 fully saturated rings. The molecule has 4 heteroatoms. The van der Waals surface area contributed by atoms with Gasteiger partial charge >= 0.3 is 0 Å². The number of piperidine rings is 2. The van der Waals surface area contributed by atoms with Crippen LogP contribution in [-0.2, 0) is 4.79 Å². The number of nitrogens with one attached hydrogen (secondary N) is 1. The molecule has 4 nitrogen and oxygen atoms in total. The zero-order chi connectivity index (χ0) is 13.0. The summed E-state index contributed by atoms with van der Waals surface area (Å²) in [7, 11) is 0. The number of hydrogen-bond donors (Lipinski definition) is 2. The Balaban J connectivity index is 1.97. The summed E-state index contributed by atoms with van der Waals surface area (Å²) in [6, 6.07) is 0. The van der Waals surface area contributed by atoms with Gasteiger partial charge in [-0.15, -0.1) is 0 Å². The first-order valence-corrected chi connectivity index (χ1v) is 7.33. The third-order valence-electron chi connectivity index (χ3n) is 4.76. The number of rotatable bonds is 3. The van der Waals surface area contributed by atoms with Crippen LogP contribution in [0.4, 0.5) is 0 Å². The highest BCUT2D eigenvalue weighted by Gasteiger charge is 2.41. The summed E-state index contributed by atoms with van der Waals surface area (Å²) < 4.78 is 0. The Hall–Kier alpha value is -0.610. The van der Waals surface area contributed by atoms with E-state index in [1.165, 1.54) is 0 Å². The highest BCUT2D eigenvalue weighted by molar-refractivity contribution is 5.83. The Bertz CT molecular complexity index is 280. The van der Waals surface area contributed by atoms with Gasteiger partial charge in [-0.1, -0.05) is 6.92 Å². The second-order valence-corrected chi connectivity index (χ2v) is 5.83. The van der Waals surface area contributed by atoms with Crippen LogP contribution in [0, 0.1) is 11.3 Å². The minimum atomic E-state index is -0.162. The van der Waals surface area contributed by atoms with Crippen molar-refractivity contribution in [3.05, 3.63) is 0 Å². The number of likely N-dealkylation sites (tertiary alicyclic amines) is 1. The second kappa shape index (κ2) is 6.02. The molecule has 0 aromatic carbocycles. The average molecular weight is 254 g/mol. The van der Waals surface area contributed by atoms with E-state index >= 15 is 0 Å². The predicted molar refractivity (Wildman–Crippen MR) is 71.2 cm³/mol. The van der Waals surface area contributed by atoms with E-state index in [0.717, 1.165) is 58.3 Å². The number of aliphatic hydroxyl groups excluding tert-OH is 1. The Morgan fingerprint density at radius 1 is 1.44 bits per heavy atom. The third-order valence-corrected chi connectivity index (χ3v) is 4.76. The fourth-order valence-electron chi connectivity index (χ4n) is 3.26. The fraction of sp³-hybridized carbons (Fsp3) is 0.929. The molecule has 1 amide bonds. The van der Waals surface area contributed by atoms with E-state index in [2.05, 4.69) is 12.2 Å². The number of carbonyl (C=O) groups is 1. The molecule has 0 spiro atoms. The Morgan fingerprint density at radius 2 is 2.17 bits per heavy atom. The molecule has 0 aliphatic carbocycles. The predicted octanol–water partition coefficient (Wildman–Crippen LogP) is 0.997. The molecule has 104 valence electrons. The zero-order valence-corrected chi connectivity index (χ0v) is 11.5. The van der Waals surface area contributed by atoms with Gasteiger partial charge in [0.05, 0.1) is 5.41 Å². The van der Waals surface area contributed by atoms with Crippen LogP contribution >= 0.6 is 0 Å². The van der Waals surface area contributed by atoms with Crippen molar-refractivity contribution in [3.63, 3.8) is 0 Å². The smallest absolute Gasteiger partial charge is 0.230 e. The number of hydrogen-bond acceptors (Lipinski definition) is 3. The van der Waals surface area contributed by atoms with Gasteiger partial charge in [-0.3, -0.25) is 4.79 Å². The van der Waals surface area contributed by atoms with E-state index in [0.29, 0.717) is 11.8 Å². The van der Waals surface area contributed by atoms with Crippen LogP contribution in [0.25, 0.3) is 0 Å². The minimum Gasteiger partial charge on any atom is -0.396 e. The summed E-state index contributed by atoms with van der Waals surface area (Å²) in [4.78, 5) is 14.8. The van der Waals surface area contributed by atoms with E-state index in [1.807, 2.05) is 4.90 Å². The van der Waals surface area contributed by atoms with Gasteiger partial charge in [0.25, 0.3) is 0 Å². The summed E-state index contributed by atoms with van der Waals surface area (Å²) in [5.41, 5.74) is -0.162. The van der Waals surface area contributed by atoms with Gasteiger partial charge < -0.3 is 15.3 Å². The first kappa shape index (κ1) is 13.8. The van der Waals surface area contributed by atoms with Gasteiger partial charge in [0.1, 0.15) is 0 Å². The molecule has 0 bridgehead atoms. The highest BCUT2D eigenvalue weighted by atomic mass is 16.3. The molecule has 1 atom stereocenters.